The summed E-state index contributed by atoms with van der Waals surface area (Å²) in [5, 5.41) is 6.39. The highest BCUT2D eigenvalue weighted by atomic mass is 15.0. The van der Waals surface area contributed by atoms with Gasteiger partial charge in [-0.1, -0.05) is 26.8 Å². The van der Waals surface area contributed by atoms with E-state index in [-0.39, 0.29) is 5.41 Å². The largest absolute Gasteiger partial charge is 0.307 e. The molecule has 0 aliphatic heterocycles. The van der Waals surface area contributed by atoms with E-state index in [1.807, 2.05) is 13.8 Å². The van der Waals surface area contributed by atoms with Crippen molar-refractivity contribution in [3.8, 4) is 0 Å². The predicted molar refractivity (Wildman–Crippen MR) is 148 cm³/mol. The lowest BCUT2D eigenvalue weighted by Crippen LogP contribution is -2.29. The average Bonchev–Trinajstić information content (AvgIpc) is 3.13. The van der Waals surface area contributed by atoms with Crippen molar-refractivity contribution in [2.24, 2.45) is 7.05 Å². The minimum atomic E-state index is -0.589. The second kappa shape index (κ2) is 6.73. The van der Waals surface area contributed by atoms with E-state index in [4.69, 9.17) is 6.57 Å². The molecule has 3 heterocycles. The number of nitrogens with zero attached hydrogens (tertiary/aromatic N) is 3. The summed E-state index contributed by atoms with van der Waals surface area (Å²) in [7, 11) is 2.15. The number of benzene rings is 3. The van der Waals surface area contributed by atoms with E-state index in [2.05, 4.69) is 104 Å². The molecular formula is C32H32N3+. The number of rotatable bonds is 1. The second-order valence-electron chi connectivity index (χ2n) is 11.8. The molecule has 3 aromatic carbocycles. The smallest absolute Gasteiger partial charge is 0.252 e. The third kappa shape index (κ3) is 2.80. The maximum absolute atomic E-state index is 7.85. The highest BCUT2D eigenvalue weighted by molar-refractivity contribution is 6.26. The van der Waals surface area contributed by atoms with E-state index in [0.717, 1.165) is 5.56 Å². The lowest BCUT2D eigenvalue weighted by Gasteiger charge is -2.19. The minimum absolute atomic E-state index is 0.0770. The van der Waals surface area contributed by atoms with Crippen LogP contribution in [0.3, 0.4) is 0 Å². The van der Waals surface area contributed by atoms with Crippen LogP contribution in [0.25, 0.3) is 53.8 Å². The first-order valence-electron chi connectivity index (χ1n) is 12.4. The van der Waals surface area contributed by atoms with Gasteiger partial charge in [0.05, 0.1) is 27.3 Å². The molecule has 6 rings (SSSR count). The summed E-state index contributed by atoms with van der Waals surface area (Å²) in [6.07, 6.45) is 2.17. The highest BCUT2D eigenvalue weighted by Crippen LogP contribution is 2.43. The summed E-state index contributed by atoms with van der Waals surface area (Å²) < 4.78 is 4.74. The van der Waals surface area contributed by atoms with Crippen molar-refractivity contribution in [3.63, 3.8) is 0 Å². The molecule has 3 nitrogen and oxygen atoms in total. The van der Waals surface area contributed by atoms with Gasteiger partial charge < -0.3 is 9.25 Å². The number of hydrogen-bond acceptors (Lipinski definition) is 0. The van der Waals surface area contributed by atoms with Crippen molar-refractivity contribution < 1.29 is 4.57 Å². The van der Waals surface area contributed by atoms with E-state index in [1.54, 1.807) is 0 Å². The molecule has 3 heteroatoms. The molecule has 0 fully saturated rings. The molecule has 0 aliphatic carbocycles. The highest BCUT2D eigenvalue weighted by Gasteiger charge is 2.30. The zero-order valence-electron chi connectivity index (χ0n) is 22.0. The Morgan fingerprint density at radius 1 is 0.829 bits per heavy atom. The number of hydrogen-bond donors (Lipinski definition) is 0. The molecule has 0 unspecified atom stereocenters. The maximum Gasteiger partial charge on any atom is 0.252 e. The maximum atomic E-state index is 7.85. The predicted octanol–water partition coefficient (Wildman–Crippen LogP) is 7.88. The standard InChI is InChI=1S/C32H32N3/c1-18-14-24-23-16-21(31(3,4)5)10-11-25(23)35-26-17-22(32(6,7)33-8)15-20-12-13-34(9)30(28(20)26)27(19(18)2)29(24)35/h10-17H,1-7,9H3/q+1. The fourth-order valence-corrected chi connectivity index (χ4v) is 5.79. The van der Waals surface area contributed by atoms with Crippen molar-refractivity contribution in [1.29, 1.82) is 0 Å². The summed E-state index contributed by atoms with van der Waals surface area (Å²) in [6, 6.07) is 16.0. The molecule has 0 amide bonds. The van der Waals surface area contributed by atoms with E-state index >= 15 is 0 Å². The van der Waals surface area contributed by atoms with Gasteiger partial charge in [0.2, 0.25) is 5.52 Å². The molecule has 0 spiro atoms. The summed E-state index contributed by atoms with van der Waals surface area (Å²) in [5.74, 6) is 0. The number of aromatic nitrogens is 2. The normalized spacial score (nSPS) is 13.1. The van der Waals surface area contributed by atoms with Crippen LogP contribution in [0.5, 0.6) is 0 Å². The van der Waals surface area contributed by atoms with Crippen LogP contribution in [-0.4, -0.2) is 4.40 Å². The zero-order valence-corrected chi connectivity index (χ0v) is 22.0. The molecule has 0 bridgehead atoms. The fraction of sp³-hybridized carbons (Fsp3) is 0.312. The number of pyridine rings is 2. The summed E-state index contributed by atoms with van der Waals surface area (Å²) in [6.45, 7) is 23.2. The van der Waals surface area contributed by atoms with Crippen molar-refractivity contribution >= 4 is 49.0 Å². The first-order chi connectivity index (χ1) is 16.4. The minimum Gasteiger partial charge on any atom is -0.307 e. The fourth-order valence-electron chi connectivity index (χ4n) is 5.79. The van der Waals surface area contributed by atoms with Crippen LogP contribution in [0.15, 0.2) is 48.7 Å². The molecule has 6 aromatic rings. The van der Waals surface area contributed by atoms with Crippen LogP contribution in [0.1, 0.15) is 56.9 Å². The third-order valence-corrected chi connectivity index (χ3v) is 8.12. The van der Waals surface area contributed by atoms with E-state index in [0.29, 0.717) is 0 Å². The first kappa shape index (κ1) is 21.9. The van der Waals surface area contributed by atoms with E-state index in [1.165, 1.54) is 65.7 Å². The number of fused-ring (bicyclic) bond motifs is 5. The Labute approximate surface area is 206 Å². The Hall–Kier alpha value is -3.64. The van der Waals surface area contributed by atoms with Gasteiger partial charge in [0.15, 0.2) is 6.20 Å². The van der Waals surface area contributed by atoms with Gasteiger partial charge in [-0.25, -0.2) is 11.1 Å². The SMILES string of the molecule is [C-]#[N+]C(C)(C)c1cc2cc[n+](C)c3c4c(C)c(C)cc5c6cc(C(C)(C)C)ccc6n(c(c1)c23)c54. The molecular weight excluding hydrogens is 426 g/mol. The lowest BCUT2D eigenvalue weighted by molar-refractivity contribution is -0.643. The Balaban J connectivity index is 2.00. The van der Waals surface area contributed by atoms with E-state index < -0.39 is 5.54 Å². The van der Waals surface area contributed by atoms with Gasteiger partial charge in [0.1, 0.15) is 7.05 Å². The Bertz CT molecular complexity index is 1890. The van der Waals surface area contributed by atoms with Crippen molar-refractivity contribution in [2.45, 2.75) is 59.4 Å². The van der Waals surface area contributed by atoms with Gasteiger partial charge in [0.25, 0.3) is 5.54 Å². The summed E-state index contributed by atoms with van der Waals surface area (Å²) in [4.78, 5) is 3.97. The van der Waals surface area contributed by atoms with Crippen LogP contribution >= 0.6 is 0 Å². The van der Waals surface area contributed by atoms with E-state index in [9.17, 15) is 0 Å². The van der Waals surface area contributed by atoms with Crippen molar-refractivity contribution in [2.75, 3.05) is 0 Å². The van der Waals surface area contributed by atoms with Gasteiger partial charge in [-0.05, 0) is 71.7 Å². The second-order valence-corrected chi connectivity index (χ2v) is 11.8. The molecule has 0 N–H and O–H groups in total. The molecule has 3 aromatic heterocycles. The number of aryl methyl sites for hydroxylation is 3. The monoisotopic (exact) mass is 458 g/mol. The first-order valence-corrected chi connectivity index (χ1v) is 12.4. The Morgan fingerprint density at radius 2 is 1.57 bits per heavy atom. The molecule has 0 atom stereocenters. The Kier molecular flexibility index (Phi) is 4.20. The van der Waals surface area contributed by atoms with Crippen LogP contribution in [-0.2, 0) is 18.0 Å². The molecule has 0 saturated carbocycles. The molecule has 0 radical (unpaired) electrons. The molecule has 0 aliphatic rings. The quantitative estimate of drug-likeness (QED) is 0.103. The van der Waals surface area contributed by atoms with Gasteiger partial charge in [-0.3, -0.25) is 0 Å². The third-order valence-electron chi connectivity index (χ3n) is 8.12. The topological polar surface area (TPSA) is 12.7 Å². The zero-order chi connectivity index (χ0) is 25.0. The summed E-state index contributed by atoms with van der Waals surface area (Å²) >= 11 is 0. The van der Waals surface area contributed by atoms with Crippen LogP contribution in [0, 0.1) is 20.4 Å². The van der Waals surface area contributed by atoms with Gasteiger partial charge in [-0.15, -0.1) is 0 Å². The molecule has 35 heavy (non-hydrogen) atoms. The van der Waals surface area contributed by atoms with Gasteiger partial charge in [-0.2, -0.15) is 0 Å². The van der Waals surface area contributed by atoms with Gasteiger partial charge in [0, 0.05) is 36.2 Å². The molecule has 174 valence electrons. The van der Waals surface area contributed by atoms with Crippen molar-refractivity contribution in [1.82, 2.24) is 4.40 Å². The molecule has 0 saturated heterocycles. The summed E-state index contributed by atoms with van der Waals surface area (Å²) in [5.41, 5.74) is 9.50. The van der Waals surface area contributed by atoms with Crippen LogP contribution < -0.4 is 4.57 Å². The van der Waals surface area contributed by atoms with Crippen molar-refractivity contribution in [3.05, 3.63) is 82.3 Å². The van der Waals surface area contributed by atoms with Gasteiger partial charge >= 0.3 is 0 Å². The lowest BCUT2D eigenvalue weighted by atomic mass is 9.86. The van der Waals surface area contributed by atoms with Crippen LogP contribution in [0.4, 0.5) is 0 Å². The Morgan fingerprint density at radius 3 is 2.26 bits per heavy atom. The average molecular weight is 459 g/mol. The van der Waals surface area contributed by atoms with Crippen LogP contribution in [0.2, 0.25) is 0 Å².